The molecule has 0 aliphatic carbocycles. The standard InChI is InChI=1S/C14H20BrNO2/c15-13-5-2-1-4-12(13)14-6-3-7-16(14)8-10-18-11-9-17/h1-2,4-5,14,17H,3,6-11H2/t14-/m0/s1. The lowest BCUT2D eigenvalue weighted by Crippen LogP contribution is -2.27. The van der Waals surface area contributed by atoms with E-state index in [-0.39, 0.29) is 6.61 Å². The number of hydrogen-bond donors (Lipinski definition) is 1. The molecule has 1 aliphatic heterocycles. The Bertz CT molecular complexity index is 373. The highest BCUT2D eigenvalue weighted by Crippen LogP contribution is 2.35. The van der Waals surface area contributed by atoms with Gasteiger partial charge in [0.05, 0.1) is 19.8 Å². The summed E-state index contributed by atoms with van der Waals surface area (Å²) in [6.45, 7) is 3.31. The predicted octanol–water partition coefficient (Wildman–Crippen LogP) is 2.59. The second-order valence-corrected chi connectivity index (χ2v) is 5.41. The SMILES string of the molecule is OCCOCCN1CCC[C@H]1c1ccccc1Br. The molecule has 4 heteroatoms. The van der Waals surface area contributed by atoms with Gasteiger partial charge in [-0.2, -0.15) is 0 Å². The molecule has 1 saturated heterocycles. The summed E-state index contributed by atoms with van der Waals surface area (Å²) >= 11 is 3.64. The van der Waals surface area contributed by atoms with Gasteiger partial charge in [0.1, 0.15) is 0 Å². The van der Waals surface area contributed by atoms with Crippen molar-refractivity contribution in [1.82, 2.24) is 4.90 Å². The highest BCUT2D eigenvalue weighted by Gasteiger charge is 2.26. The molecule has 1 aliphatic rings. The molecule has 0 amide bonds. The number of likely N-dealkylation sites (tertiary alicyclic amines) is 1. The molecule has 1 aromatic carbocycles. The molecule has 0 aromatic heterocycles. The molecule has 1 heterocycles. The van der Waals surface area contributed by atoms with Crippen LogP contribution in [-0.2, 0) is 4.74 Å². The molecule has 1 aromatic rings. The van der Waals surface area contributed by atoms with E-state index in [1.807, 2.05) is 0 Å². The van der Waals surface area contributed by atoms with Gasteiger partial charge in [0.15, 0.2) is 0 Å². The lowest BCUT2D eigenvalue weighted by molar-refractivity contribution is 0.0709. The smallest absolute Gasteiger partial charge is 0.0698 e. The highest BCUT2D eigenvalue weighted by molar-refractivity contribution is 9.10. The number of benzene rings is 1. The van der Waals surface area contributed by atoms with Crippen molar-refractivity contribution in [1.29, 1.82) is 0 Å². The number of halogens is 1. The van der Waals surface area contributed by atoms with E-state index in [4.69, 9.17) is 9.84 Å². The Kier molecular flexibility index (Phi) is 5.63. The predicted molar refractivity (Wildman–Crippen MR) is 75.6 cm³/mol. The third-order valence-corrected chi connectivity index (χ3v) is 4.11. The van der Waals surface area contributed by atoms with Crippen LogP contribution in [0.15, 0.2) is 28.7 Å². The molecule has 1 N–H and O–H groups in total. The Labute approximate surface area is 117 Å². The van der Waals surface area contributed by atoms with Crippen molar-refractivity contribution in [2.45, 2.75) is 18.9 Å². The van der Waals surface area contributed by atoms with Gasteiger partial charge >= 0.3 is 0 Å². The van der Waals surface area contributed by atoms with Gasteiger partial charge in [0.2, 0.25) is 0 Å². The molecular weight excluding hydrogens is 294 g/mol. The topological polar surface area (TPSA) is 32.7 Å². The van der Waals surface area contributed by atoms with Crippen LogP contribution < -0.4 is 0 Å². The molecule has 1 atom stereocenters. The molecule has 3 nitrogen and oxygen atoms in total. The van der Waals surface area contributed by atoms with Crippen LogP contribution in [0.1, 0.15) is 24.4 Å². The summed E-state index contributed by atoms with van der Waals surface area (Å²) in [7, 11) is 0. The summed E-state index contributed by atoms with van der Waals surface area (Å²) in [6, 6.07) is 8.95. The molecule has 0 bridgehead atoms. The van der Waals surface area contributed by atoms with E-state index in [1.54, 1.807) is 0 Å². The third kappa shape index (κ3) is 3.54. The van der Waals surface area contributed by atoms with Crippen LogP contribution in [0.3, 0.4) is 0 Å². The number of aliphatic hydroxyl groups is 1. The maximum Gasteiger partial charge on any atom is 0.0698 e. The van der Waals surface area contributed by atoms with Gasteiger partial charge < -0.3 is 9.84 Å². The fraction of sp³-hybridized carbons (Fsp3) is 0.571. The van der Waals surface area contributed by atoms with Gasteiger partial charge in [-0.1, -0.05) is 34.1 Å². The normalized spacial score (nSPS) is 20.4. The van der Waals surface area contributed by atoms with Crippen LogP contribution in [0.25, 0.3) is 0 Å². The maximum atomic E-state index is 8.68. The van der Waals surface area contributed by atoms with Crippen molar-refractivity contribution in [2.75, 3.05) is 32.9 Å². The molecule has 100 valence electrons. The molecule has 0 radical (unpaired) electrons. The largest absolute Gasteiger partial charge is 0.394 e. The zero-order valence-corrected chi connectivity index (χ0v) is 12.1. The summed E-state index contributed by atoms with van der Waals surface area (Å²) < 4.78 is 6.55. The molecule has 0 spiro atoms. The van der Waals surface area contributed by atoms with Crippen LogP contribution in [0.2, 0.25) is 0 Å². The summed E-state index contributed by atoms with van der Waals surface area (Å²) in [6.07, 6.45) is 2.45. The zero-order chi connectivity index (χ0) is 12.8. The van der Waals surface area contributed by atoms with E-state index in [1.165, 1.54) is 22.9 Å². The van der Waals surface area contributed by atoms with E-state index in [2.05, 4.69) is 45.1 Å². The Morgan fingerprint density at radius 1 is 1.33 bits per heavy atom. The number of hydrogen-bond acceptors (Lipinski definition) is 3. The molecule has 0 saturated carbocycles. The summed E-state index contributed by atoms with van der Waals surface area (Å²) in [5, 5.41) is 8.68. The van der Waals surface area contributed by atoms with Crippen molar-refractivity contribution >= 4 is 15.9 Å². The first-order valence-electron chi connectivity index (χ1n) is 6.50. The lowest BCUT2D eigenvalue weighted by Gasteiger charge is -2.25. The van der Waals surface area contributed by atoms with E-state index < -0.39 is 0 Å². The van der Waals surface area contributed by atoms with Crippen LogP contribution >= 0.6 is 15.9 Å². The maximum absolute atomic E-state index is 8.68. The lowest BCUT2D eigenvalue weighted by atomic mass is 10.0. The molecule has 2 rings (SSSR count). The summed E-state index contributed by atoms with van der Waals surface area (Å²) in [4.78, 5) is 2.47. The molecular formula is C14H20BrNO2. The van der Waals surface area contributed by atoms with E-state index in [0.717, 1.165) is 13.1 Å². The fourth-order valence-electron chi connectivity index (χ4n) is 2.54. The van der Waals surface area contributed by atoms with Gasteiger partial charge in [-0.05, 0) is 31.0 Å². The van der Waals surface area contributed by atoms with Crippen LogP contribution in [0.5, 0.6) is 0 Å². The second kappa shape index (κ2) is 7.24. The van der Waals surface area contributed by atoms with Gasteiger partial charge in [0, 0.05) is 17.1 Å². The van der Waals surface area contributed by atoms with Gasteiger partial charge in [-0.3, -0.25) is 4.90 Å². The minimum absolute atomic E-state index is 0.105. The Balaban J connectivity index is 1.93. The first-order chi connectivity index (χ1) is 8.83. The quantitative estimate of drug-likeness (QED) is 0.819. The zero-order valence-electron chi connectivity index (χ0n) is 10.5. The first kappa shape index (κ1) is 14.0. The summed E-state index contributed by atoms with van der Waals surface area (Å²) in [5.74, 6) is 0. The number of nitrogens with zero attached hydrogens (tertiary/aromatic N) is 1. The molecule has 0 unspecified atom stereocenters. The van der Waals surface area contributed by atoms with Crippen LogP contribution in [0.4, 0.5) is 0 Å². The fourth-order valence-corrected chi connectivity index (χ4v) is 3.09. The minimum Gasteiger partial charge on any atom is -0.394 e. The number of rotatable bonds is 6. The van der Waals surface area contributed by atoms with Crippen molar-refractivity contribution in [3.05, 3.63) is 34.3 Å². The highest BCUT2D eigenvalue weighted by atomic mass is 79.9. The second-order valence-electron chi connectivity index (χ2n) is 4.55. The molecule has 18 heavy (non-hydrogen) atoms. The van der Waals surface area contributed by atoms with Crippen LogP contribution in [-0.4, -0.2) is 42.9 Å². The molecule has 1 fully saturated rings. The number of aliphatic hydroxyl groups excluding tert-OH is 1. The van der Waals surface area contributed by atoms with Crippen molar-refractivity contribution in [3.63, 3.8) is 0 Å². The average molecular weight is 314 g/mol. The third-order valence-electron chi connectivity index (χ3n) is 3.39. The van der Waals surface area contributed by atoms with E-state index in [0.29, 0.717) is 19.3 Å². The first-order valence-corrected chi connectivity index (χ1v) is 7.29. The Morgan fingerprint density at radius 2 is 2.17 bits per heavy atom. The van der Waals surface area contributed by atoms with Crippen molar-refractivity contribution in [2.24, 2.45) is 0 Å². The number of ether oxygens (including phenoxy) is 1. The van der Waals surface area contributed by atoms with Gasteiger partial charge in [0.25, 0.3) is 0 Å². The van der Waals surface area contributed by atoms with Crippen molar-refractivity contribution in [3.8, 4) is 0 Å². The van der Waals surface area contributed by atoms with Crippen molar-refractivity contribution < 1.29 is 9.84 Å². The monoisotopic (exact) mass is 313 g/mol. The van der Waals surface area contributed by atoms with Gasteiger partial charge in [-0.25, -0.2) is 0 Å². The van der Waals surface area contributed by atoms with Crippen LogP contribution in [0, 0.1) is 0 Å². The Morgan fingerprint density at radius 3 is 2.94 bits per heavy atom. The summed E-state index contributed by atoms with van der Waals surface area (Å²) in [5.41, 5.74) is 1.37. The van der Waals surface area contributed by atoms with Gasteiger partial charge in [-0.15, -0.1) is 0 Å². The van der Waals surface area contributed by atoms with E-state index in [9.17, 15) is 0 Å². The van der Waals surface area contributed by atoms with E-state index >= 15 is 0 Å². The Hall–Kier alpha value is -0.420. The minimum atomic E-state index is 0.105. The average Bonchev–Trinajstić information content (AvgIpc) is 2.83.